The summed E-state index contributed by atoms with van der Waals surface area (Å²) >= 11 is 0. The van der Waals surface area contributed by atoms with E-state index in [-0.39, 0.29) is 11.6 Å². The molecule has 1 aromatic rings. The number of rotatable bonds is 1. The highest BCUT2D eigenvalue weighted by molar-refractivity contribution is 6.10. The minimum atomic E-state index is -0.409. The molecule has 2 rings (SSSR count). The van der Waals surface area contributed by atoms with E-state index < -0.39 is 5.92 Å². The molecule has 0 fully saturated rings. The van der Waals surface area contributed by atoms with Gasteiger partial charge in [-0.1, -0.05) is 24.3 Å². The molecular formula is C13H14O2. The quantitative estimate of drug-likeness (QED) is 0.517. The first-order chi connectivity index (χ1) is 7.20. The number of aryl methyl sites for hydroxylation is 1. The number of carbonyl (C=O) groups is 2. The molecule has 15 heavy (non-hydrogen) atoms. The van der Waals surface area contributed by atoms with Crippen molar-refractivity contribution in [1.82, 2.24) is 0 Å². The van der Waals surface area contributed by atoms with E-state index in [1.807, 2.05) is 24.3 Å². The molecule has 0 amide bonds. The zero-order chi connectivity index (χ0) is 10.8. The van der Waals surface area contributed by atoms with Gasteiger partial charge in [-0.25, -0.2) is 0 Å². The summed E-state index contributed by atoms with van der Waals surface area (Å²) in [7, 11) is 0. The summed E-state index contributed by atoms with van der Waals surface area (Å²) in [5.74, 6) is -0.402. The van der Waals surface area contributed by atoms with Crippen molar-refractivity contribution in [2.45, 2.75) is 26.2 Å². The summed E-state index contributed by atoms with van der Waals surface area (Å²) in [5, 5.41) is 0. The molecule has 1 unspecified atom stereocenters. The maximum absolute atomic E-state index is 12.1. The summed E-state index contributed by atoms with van der Waals surface area (Å²) < 4.78 is 0. The Morgan fingerprint density at radius 1 is 1.33 bits per heavy atom. The number of benzene rings is 1. The second-order valence-electron chi connectivity index (χ2n) is 4.08. The zero-order valence-corrected chi connectivity index (χ0v) is 8.82. The number of ketones is 2. The number of fused-ring (bicyclic) bond motifs is 1. The summed E-state index contributed by atoms with van der Waals surface area (Å²) in [6.45, 7) is 1.51. The van der Waals surface area contributed by atoms with Crippen molar-refractivity contribution in [3.8, 4) is 0 Å². The molecule has 1 aliphatic carbocycles. The van der Waals surface area contributed by atoms with Gasteiger partial charge in [0.1, 0.15) is 5.78 Å². The molecule has 2 nitrogen and oxygen atoms in total. The van der Waals surface area contributed by atoms with Crippen LogP contribution in [0.3, 0.4) is 0 Å². The van der Waals surface area contributed by atoms with Crippen LogP contribution in [-0.2, 0) is 11.2 Å². The Hall–Kier alpha value is -1.44. The van der Waals surface area contributed by atoms with E-state index in [0.29, 0.717) is 6.42 Å². The third kappa shape index (κ3) is 1.84. The average molecular weight is 202 g/mol. The van der Waals surface area contributed by atoms with Gasteiger partial charge < -0.3 is 0 Å². The Labute approximate surface area is 89.3 Å². The highest BCUT2D eigenvalue weighted by atomic mass is 16.1. The van der Waals surface area contributed by atoms with Crippen molar-refractivity contribution in [2.75, 3.05) is 0 Å². The fraction of sp³-hybridized carbons (Fsp3) is 0.385. The van der Waals surface area contributed by atoms with Gasteiger partial charge >= 0.3 is 0 Å². The largest absolute Gasteiger partial charge is 0.299 e. The average Bonchev–Trinajstić information content (AvgIpc) is 2.39. The maximum Gasteiger partial charge on any atom is 0.173 e. The molecular weight excluding hydrogens is 188 g/mol. The van der Waals surface area contributed by atoms with Crippen LogP contribution < -0.4 is 0 Å². The molecule has 1 atom stereocenters. The smallest absolute Gasteiger partial charge is 0.173 e. The standard InChI is InChI=1S/C13H14O2/c1-9(14)11-8-4-6-10-5-2-3-7-12(10)13(11)15/h2-3,5,7,11H,4,6,8H2,1H3. The van der Waals surface area contributed by atoms with E-state index >= 15 is 0 Å². The predicted molar refractivity (Wildman–Crippen MR) is 57.9 cm³/mol. The Bertz CT molecular complexity index is 407. The predicted octanol–water partition coefficient (Wildman–Crippen LogP) is 2.41. The molecule has 0 N–H and O–H groups in total. The van der Waals surface area contributed by atoms with Crippen LogP contribution in [0.25, 0.3) is 0 Å². The van der Waals surface area contributed by atoms with Crippen molar-refractivity contribution < 1.29 is 9.59 Å². The highest BCUT2D eigenvalue weighted by Gasteiger charge is 2.28. The fourth-order valence-electron chi connectivity index (χ4n) is 2.18. The third-order valence-electron chi connectivity index (χ3n) is 3.03. The van der Waals surface area contributed by atoms with Crippen LogP contribution in [0.1, 0.15) is 35.7 Å². The molecule has 0 aliphatic heterocycles. The topological polar surface area (TPSA) is 34.1 Å². The molecule has 0 radical (unpaired) electrons. The molecule has 0 saturated carbocycles. The lowest BCUT2D eigenvalue weighted by atomic mass is 9.92. The first kappa shape index (κ1) is 10.1. The first-order valence-electron chi connectivity index (χ1n) is 5.32. The van der Waals surface area contributed by atoms with Crippen LogP contribution >= 0.6 is 0 Å². The summed E-state index contributed by atoms with van der Waals surface area (Å²) in [4.78, 5) is 23.4. The summed E-state index contributed by atoms with van der Waals surface area (Å²) in [6.07, 6.45) is 2.53. The normalized spacial score (nSPS) is 20.6. The van der Waals surface area contributed by atoms with Gasteiger partial charge in [0.2, 0.25) is 0 Å². The molecule has 2 heteroatoms. The monoisotopic (exact) mass is 202 g/mol. The van der Waals surface area contributed by atoms with Gasteiger partial charge in [0.25, 0.3) is 0 Å². The number of Topliss-reactive ketones (excluding diaryl/α,β-unsaturated/α-hetero) is 2. The molecule has 1 aromatic carbocycles. The zero-order valence-electron chi connectivity index (χ0n) is 8.82. The lowest BCUT2D eigenvalue weighted by molar-refractivity contribution is -0.119. The van der Waals surface area contributed by atoms with Gasteiger partial charge in [-0.3, -0.25) is 9.59 Å². The second kappa shape index (κ2) is 3.97. The summed E-state index contributed by atoms with van der Waals surface area (Å²) in [6, 6.07) is 7.62. The second-order valence-corrected chi connectivity index (χ2v) is 4.08. The first-order valence-corrected chi connectivity index (χ1v) is 5.32. The molecule has 0 heterocycles. The van der Waals surface area contributed by atoms with Gasteiger partial charge in [0.15, 0.2) is 5.78 Å². The van der Waals surface area contributed by atoms with Crippen LogP contribution in [0.4, 0.5) is 0 Å². The van der Waals surface area contributed by atoms with E-state index in [9.17, 15) is 9.59 Å². The Morgan fingerprint density at radius 3 is 2.80 bits per heavy atom. The Balaban J connectivity index is 2.43. The highest BCUT2D eigenvalue weighted by Crippen LogP contribution is 2.24. The fourth-order valence-corrected chi connectivity index (χ4v) is 2.18. The van der Waals surface area contributed by atoms with Crippen molar-refractivity contribution in [3.63, 3.8) is 0 Å². The van der Waals surface area contributed by atoms with Crippen molar-refractivity contribution in [3.05, 3.63) is 35.4 Å². The van der Waals surface area contributed by atoms with Crippen molar-refractivity contribution in [1.29, 1.82) is 0 Å². The van der Waals surface area contributed by atoms with Gasteiger partial charge in [-0.05, 0) is 31.7 Å². The van der Waals surface area contributed by atoms with E-state index in [0.717, 1.165) is 24.0 Å². The van der Waals surface area contributed by atoms with Crippen molar-refractivity contribution in [2.24, 2.45) is 5.92 Å². The van der Waals surface area contributed by atoms with Crippen LogP contribution in [0, 0.1) is 5.92 Å². The Morgan fingerprint density at radius 2 is 2.07 bits per heavy atom. The molecule has 1 aliphatic rings. The minimum Gasteiger partial charge on any atom is -0.299 e. The number of hydrogen-bond acceptors (Lipinski definition) is 2. The number of carbonyl (C=O) groups excluding carboxylic acids is 2. The van der Waals surface area contributed by atoms with Gasteiger partial charge in [-0.2, -0.15) is 0 Å². The SMILES string of the molecule is CC(=O)C1CCCc2ccccc2C1=O. The van der Waals surface area contributed by atoms with E-state index in [4.69, 9.17) is 0 Å². The van der Waals surface area contributed by atoms with Crippen molar-refractivity contribution >= 4 is 11.6 Å². The molecule has 0 bridgehead atoms. The Kier molecular flexibility index (Phi) is 2.67. The minimum absolute atomic E-state index is 0.00305. The van der Waals surface area contributed by atoms with E-state index in [1.165, 1.54) is 6.92 Å². The third-order valence-corrected chi connectivity index (χ3v) is 3.03. The molecule has 0 aromatic heterocycles. The van der Waals surface area contributed by atoms with Crippen LogP contribution in [-0.4, -0.2) is 11.6 Å². The lowest BCUT2D eigenvalue weighted by Crippen LogP contribution is -2.21. The van der Waals surface area contributed by atoms with E-state index in [2.05, 4.69) is 0 Å². The van der Waals surface area contributed by atoms with Crippen LogP contribution in [0.15, 0.2) is 24.3 Å². The van der Waals surface area contributed by atoms with Gasteiger partial charge in [0, 0.05) is 5.56 Å². The van der Waals surface area contributed by atoms with Crippen LogP contribution in [0.2, 0.25) is 0 Å². The summed E-state index contributed by atoms with van der Waals surface area (Å²) in [5.41, 5.74) is 1.83. The molecule has 78 valence electrons. The van der Waals surface area contributed by atoms with E-state index in [1.54, 1.807) is 0 Å². The molecule has 0 saturated heterocycles. The number of hydrogen-bond donors (Lipinski definition) is 0. The lowest BCUT2D eigenvalue weighted by Gasteiger charge is -2.09. The maximum atomic E-state index is 12.1. The van der Waals surface area contributed by atoms with Crippen LogP contribution in [0.5, 0.6) is 0 Å². The van der Waals surface area contributed by atoms with Gasteiger partial charge in [0.05, 0.1) is 5.92 Å². The van der Waals surface area contributed by atoms with Gasteiger partial charge in [-0.15, -0.1) is 0 Å². The molecule has 0 spiro atoms.